The molecule has 21 heavy (non-hydrogen) atoms. The van der Waals surface area contributed by atoms with Crippen molar-refractivity contribution in [3.05, 3.63) is 53.7 Å². The highest BCUT2D eigenvalue weighted by molar-refractivity contribution is 7.89. The third-order valence-corrected chi connectivity index (χ3v) is 3.72. The van der Waals surface area contributed by atoms with Crippen molar-refractivity contribution in [2.24, 2.45) is 5.14 Å². The molecule has 0 saturated heterocycles. The minimum atomic E-state index is -3.89. The summed E-state index contributed by atoms with van der Waals surface area (Å²) in [6.07, 6.45) is 1.65. The Kier molecular flexibility index (Phi) is 4.49. The largest absolute Gasteiger partial charge is 0.369 e. The molecule has 2 rings (SSSR count). The zero-order valence-corrected chi connectivity index (χ0v) is 11.7. The number of sulfonamides is 1. The lowest BCUT2D eigenvalue weighted by Gasteiger charge is -2.09. The number of nitrogens with zero attached hydrogens (tertiary/aromatic N) is 1. The number of hydrogen-bond donors (Lipinski definition) is 2. The summed E-state index contributed by atoms with van der Waals surface area (Å²) in [6.45, 7) is 0.224. The summed E-state index contributed by atoms with van der Waals surface area (Å²) in [7, 11) is -3.89. The van der Waals surface area contributed by atoms with Crippen molar-refractivity contribution in [2.75, 3.05) is 11.9 Å². The summed E-state index contributed by atoms with van der Waals surface area (Å²) >= 11 is 0. The van der Waals surface area contributed by atoms with Crippen molar-refractivity contribution in [2.45, 2.75) is 11.3 Å². The van der Waals surface area contributed by atoms with Crippen molar-refractivity contribution in [3.63, 3.8) is 0 Å². The second-order valence-corrected chi connectivity index (χ2v) is 5.84. The predicted octanol–water partition coefficient (Wildman–Crippen LogP) is 1.66. The SMILES string of the molecule is NS(=O)(=O)c1cccnc1NCCc1ccc(F)cc1F. The van der Waals surface area contributed by atoms with Gasteiger partial charge in [0.1, 0.15) is 22.3 Å². The van der Waals surface area contributed by atoms with Crippen LogP contribution in [0, 0.1) is 11.6 Å². The van der Waals surface area contributed by atoms with E-state index in [1.54, 1.807) is 0 Å². The lowest BCUT2D eigenvalue weighted by molar-refractivity contribution is 0.572. The van der Waals surface area contributed by atoms with Crippen LogP contribution in [0.1, 0.15) is 5.56 Å². The topological polar surface area (TPSA) is 85.1 Å². The first-order valence-corrected chi connectivity index (χ1v) is 7.58. The van der Waals surface area contributed by atoms with Crippen LogP contribution in [0.5, 0.6) is 0 Å². The molecule has 0 unspecified atom stereocenters. The lowest BCUT2D eigenvalue weighted by atomic mass is 10.1. The van der Waals surface area contributed by atoms with Crippen molar-refractivity contribution in [1.82, 2.24) is 4.98 Å². The van der Waals surface area contributed by atoms with Gasteiger partial charge in [0, 0.05) is 18.8 Å². The fourth-order valence-corrected chi connectivity index (χ4v) is 2.46. The van der Waals surface area contributed by atoms with Crippen LogP contribution in [0.3, 0.4) is 0 Å². The van der Waals surface area contributed by atoms with Crippen molar-refractivity contribution < 1.29 is 17.2 Å². The molecule has 0 atom stereocenters. The molecule has 0 fully saturated rings. The molecule has 0 aliphatic carbocycles. The van der Waals surface area contributed by atoms with Crippen LogP contribution in [-0.4, -0.2) is 19.9 Å². The monoisotopic (exact) mass is 313 g/mol. The van der Waals surface area contributed by atoms with E-state index >= 15 is 0 Å². The third kappa shape index (κ3) is 3.96. The molecular weight excluding hydrogens is 300 g/mol. The van der Waals surface area contributed by atoms with Gasteiger partial charge in [0.05, 0.1) is 0 Å². The van der Waals surface area contributed by atoms with Gasteiger partial charge in [0.25, 0.3) is 0 Å². The van der Waals surface area contributed by atoms with Crippen LogP contribution in [0.15, 0.2) is 41.4 Å². The van der Waals surface area contributed by atoms with Gasteiger partial charge in [0.15, 0.2) is 0 Å². The molecule has 0 bridgehead atoms. The maximum absolute atomic E-state index is 13.4. The third-order valence-electron chi connectivity index (χ3n) is 2.78. The van der Waals surface area contributed by atoms with Gasteiger partial charge in [0.2, 0.25) is 10.0 Å². The van der Waals surface area contributed by atoms with Gasteiger partial charge in [-0.25, -0.2) is 27.3 Å². The first kappa shape index (κ1) is 15.3. The van der Waals surface area contributed by atoms with Crippen LogP contribution >= 0.6 is 0 Å². The number of pyridine rings is 1. The van der Waals surface area contributed by atoms with Gasteiger partial charge in [-0.15, -0.1) is 0 Å². The number of nitrogens with one attached hydrogen (secondary N) is 1. The van der Waals surface area contributed by atoms with Crippen molar-refractivity contribution in [1.29, 1.82) is 0 Å². The Morgan fingerprint density at radius 1 is 1.24 bits per heavy atom. The highest BCUT2D eigenvalue weighted by Gasteiger charge is 2.14. The molecule has 0 aliphatic heterocycles. The molecule has 112 valence electrons. The molecule has 0 spiro atoms. The second kappa shape index (κ2) is 6.15. The van der Waals surface area contributed by atoms with Gasteiger partial charge in [-0.2, -0.15) is 0 Å². The van der Waals surface area contributed by atoms with E-state index in [0.29, 0.717) is 5.56 Å². The quantitative estimate of drug-likeness (QED) is 0.879. The smallest absolute Gasteiger partial charge is 0.241 e. The second-order valence-electron chi connectivity index (χ2n) is 4.31. The van der Waals surface area contributed by atoms with Crippen molar-refractivity contribution in [3.8, 4) is 0 Å². The molecule has 0 radical (unpaired) electrons. The summed E-state index contributed by atoms with van der Waals surface area (Å²) in [5.74, 6) is -1.20. The Labute approximate surface area is 120 Å². The summed E-state index contributed by atoms with van der Waals surface area (Å²) in [4.78, 5) is 3.75. The van der Waals surface area contributed by atoms with Crippen molar-refractivity contribution >= 4 is 15.8 Å². The molecule has 5 nitrogen and oxygen atoms in total. The van der Waals surface area contributed by atoms with Crippen LogP contribution in [0.4, 0.5) is 14.6 Å². The molecule has 3 N–H and O–H groups in total. The average Bonchev–Trinajstić information content (AvgIpc) is 2.41. The van der Waals surface area contributed by atoms with Crippen LogP contribution in [0.2, 0.25) is 0 Å². The predicted molar refractivity (Wildman–Crippen MR) is 74.2 cm³/mol. The van der Waals surface area contributed by atoms with E-state index < -0.39 is 21.7 Å². The number of hydrogen-bond acceptors (Lipinski definition) is 4. The summed E-state index contributed by atoms with van der Waals surface area (Å²) in [5, 5.41) is 7.85. The maximum atomic E-state index is 13.4. The highest BCUT2D eigenvalue weighted by Crippen LogP contribution is 2.16. The number of benzene rings is 1. The molecule has 2 aromatic rings. The number of nitrogens with two attached hydrogens (primary N) is 1. The molecule has 0 aliphatic rings. The minimum absolute atomic E-state index is 0.0996. The van der Waals surface area contributed by atoms with Crippen LogP contribution < -0.4 is 10.5 Å². The van der Waals surface area contributed by atoms with E-state index in [9.17, 15) is 17.2 Å². The Balaban J connectivity index is 2.08. The molecule has 0 amide bonds. The Hall–Kier alpha value is -2.06. The minimum Gasteiger partial charge on any atom is -0.369 e. The standard InChI is InChI=1S/C13H13F2N3O2S/c14-10-4-3-9(11(15)8-10)5-7-18-13-12(21(16,19)20)2-1-6-17-13/h1-4,6,8H,5,7H2,(H,17,18)(H2,16,19,20). The van der Waals surface area contributed by atoms with E-state index in [4.69, 9.17) is 5.14 Å². The van der Waals surface area contributed by atoms with Gasteiger partial charge in [-0.1, -0.05) is 6.07 Å². The molecule has 1 aromatic heterocycles. The van der Waals surface area contributed by atoms with E-state index in [0.717, 1.165) is 12.1 Å². The Morgan fingerprint density at radius 3 is 2.67 bits per heavy atom. The summed E-state index contributed by atoms with van der Waals surface area (Å²) < 4.78 is 49.0. The molecular formula is C13H13F2N3O2S. The van der Waals surface area contributed by atoms with Gasteiger partial charge in [-0.05, 0) is 30.2 Å². The fraction of sp³-hybridized carbons (Fsp3) is 0.154. The number of halogens is 2. The van der Waals surface area contributed by atoms with Crippen LogP contribution in [-0.2, 0) is 16.4 Å². The zero-order valence-electron chi connectivity index (χ0n) is 10.9. The highest BCUT2D eigenvalue weighted by atomic mass is 32.2. The normalized spacial score (nSPS) is 11.4. The Bertz CT molecular complexity index is 751. The van der Waals surface area contributed by atoms with Gasteiger partial charge in [-0.3, -0.25) is 0 Å². The molecule has 1 aromatic carbocycles. The Morgan fingerprint density at radius 2 is 2.00 bits per heavy atom. The number of aromatic nitrogens is 1. The average molecular weight is 313 g/mol. The number of primary sulfonamides is 1. The molecule has 8 heteroatoms. The fourth-order valence-electron chi connectivity index (χ4n) is 1.79. The molecule has 1 heterocycles. The first-order valence-electron chi connectivity index (χ1n) is 6.03. The van der Waals surface area contributed by atoms with Gasteiger partial charge < -0.3 is 5.32 Å². The van der Waals surface area contributed by atoms with Crippen LogP contribution in [0.25, 0.3) is 0 Å². The van der Waals surface area contributed by atoms with E-state index in [1.165, 1.54) is 24.4 Å². The van der Waals surface area contributed by atoms with Gasteiger partial charge >= 0.3 is 0 Å². The first-order chi connectivity index (χ1) is 9.88. The number of rotatable bonds is 5. The molecule has 0 saturated carbocycles. The summed E-state index contributed by atoms with van der Waals surface area (Å²) in [6, 6.07) is 6.07. The zero-order chi connectivity index (χ0) is 15.5. The van der Waals surface area contributed by atoms with E-state index in [2.05, 4.69) is 10.3 Å². The van der Waals surface area contributed by atoms with E-state index in [1.807, 2.05) is 0 Å². The summed E-state index contributed by atoms with van der Waals surface area (Å²) in [5.41, 5.74) is 0.317. The number of anilines is 1. The lowest BCUT2D eigenvalue weighted by Crippen LogP contribution is -2.17. The van der Waals surface area contributed by atoms with E-state index in [-0.39, 0.29) is 23.7 Å². The maximum Gasteiger partial charge on any atom is 0.241 e.